The first-order valence-electron chi connectivity index (χ1n) is 4.16. The van der Waals surface area contributed by atoms with E-state index in [4.69, 9.17) is 29.5 Å². The molecule has 6 heteroatoms. The van der Waals surface area contributed by atoms with E-state index < -0.39 is 20.4 Å². The number of hydrogen-bond donors (Lipinski definition) is 3. The van der Waals surface area contributed by atoms with Gasteiger partial charge in [-0.15, -0.1) is 0 Å². The molecular formula is C9H12O6. The average Bonchev–Trinajstić information content (AvgIpc) is 2.19. The molecule has 0 bridgehead atoms. The normalized spacial score (nSPS) is 9.80. The van der Waals surface area contributed by atoms with Gasteiger partial charge in [0.1, 0.15) is 17.2 Å². The van der Waals surface area contributed by atoms with Gasteiger partial charge in [0.05, 0.1) is 0 Å². The molecule has 0 aliphatic carbocycles. The van der Waals surface area contributed by atoms with Gasteiger partial charge in [-0.25, -0.2) is 0 Å². The Hall–Kier alpha value is -1.50. The molecule has 0 atom stereocenters. The first-order valence-corrected chi connectivity index (χ1v) is 4.16. The van der Waals surface area contributed by atoms with E-state index in [1.54, 1.807) is 0 Å². The Labute approximate surface area is 86.2 Å². The second-order valence-corrected chi connectivity index (χ2v) is 2.46. The molecule has 0 heterocycles. The van der Waals surface area contributed by atoms with Crippen LogP contribution in [-0.2, 0) is 0 Å². The molecule has 6 nitrogen and oxygen atoms in total. The summed E-state index contributed by atoms with van der Waals surface area (Å²) < 4.78 is 14.4. The number of hydrogen-bond acceptors (Lipinski definition) is 6. The van der Waals surface area contributed by atoms with Crippen molar-refractivity contribution in [3.05, 3.63) is 18.2 Å². The number of benzene rings is 1. The summed E-state index contributed by atoms with van der Waals surface area (Å²) in [7, 11) is 0. The second-order valence-electron chi connectivity index (χ2n) is 2.46. The predicted molar refractivity (Wildman–Crippen MR) is 49.6 cm³/mol. The maximum absolute atomic E-state index is 8.56. The van der Waals surface area contributed by atoms with Crippen molar-refractivity contribution in [2.24, 2.45) is 0 Å². The standard InChI is InChI=1S/C9H12O6/c10-4-13-7-1-8(14-5-11)3-9(2-7)15-6-12/h1-3,10-12H,4-6H2. The van der Waals surface area contributed by atoms with Crippen LogP contribution in [0.2, 0.25) is 0 Å². The van der Waals surface area contributed by atoms with E-state index in [1.807, 2.05) is 0 Å². The van der Waals surface area contributed by atoms with Crippen LogP contribution < -0.4 is 14.2 Å². The van der Waals surface area contributed by atoms with E-state index in [0.717, 1.165) is 0 Å². The number of aliphatic hydroxyl groups excluding tert-OH is 3. The molecule has 0 aliphatic heterocycles. The molecule has 15 heavy (non-hydrogen) atoms. The highest BCUT2D eigenvalue weighted by Crippen LogP contribution is 2.27. The van der Waals surface area contributed by atoms with E-state index in [1.165, 1.54) is 18.2 Å². The highest BCUT2D eigenvalue weighted by Gasteiger charge is 2.03. The van der Waals surface area contributed by atoms with Crippen molar-refractivity contribution < 1.29 is 29.5 Å². The zero-order valence-electron chi connectivity index (χ0n) is 7.92. The van der Waals surface area contributed by atoms with Gasteiger partial charge in [0.25, 0.3) is 0 Å². The Balaban J connectivity index is 2.86. The van der Waals surface area contributed by atoms with Crippen LogP contribution in [0.3, 0.4) is 0 Å². The van der Waals surface area contributed by atoms with Gasteiger partial charge >= 0.3 is 0 Å². The van der Waals surface area contributed by atoms with Crippen molar-refractivity contribution in [2.75, 3.05) is 20.4 Å². The van der Waals surface area contributed by atoms with Gasteiger partial charge in [-0.05, 0) is 0 Å². The van der Waals surface area contributed by atoms with Gasteiger partial charge in [0.2, 0.25) is 0 Å². The molecular weight excluding hydrogens is 204 g/mol. The topological polar surface area (TPSA) is 88.4 Å². The van der Waals surface area contributed by atoms with Crippen molar-refractivity contribution in [1.29, 1.82) is 0 Å². The molecule has 84 valence electrons. The molecule has 0 aliphatic rings. The lowest BCUT2D eigenvalue weighted by Crippen LogP contribution is -2.00. The fraction of sp³-hybridized carbons (Fsp3) is 0.333. The number of rotatable bonds is 6. The predicted octanol–water partition coefficient (Wildman–Crippen LogP) is -0.328. The Kier molecular flexibility index (Phi) is 4.69. The van der Waals surface area contributed by atoms with Crippen molar-refractivity contribution in [1.82, 2.24) is 0 Å². The molecule has 3 N–H and O–H groups in total. The highest BCUT2D eigenvalue weighted by atomic mass is 16.6. The Morgan fingerprint density at radius 2 is 0.933 bits per heavy atom. The maximum atomic E-state index is 8.56. The Bertz CT molecular complexity index is 241. The van der Waals surface area contributed by atoms with Crippen LogP contribution >= 0.6 is 0 Å². The lowest BCUT2D eigenvalue weighted by molar-refractivity contribution is 0.0858. The quantitative estimate of drug-likeness (QED) is 0.564. The Morgan fingerprint density at radius 1 is 0.667 bits per heavy atom. The third-order valence-corrected chi connectivity index (χ3v) is 1.55. The van der Waals surface area contributed by atoms with Gasteiger partial charge in [-0.1, -0.05) is 0 Å². The number of aliphatic hydroxyl groups is 3. The van der Waals surface area contributed by atoms with E-state index in [9.17, 15) is 0 Å². The van der Waals surface area contributed by atoms with Crippen molar-refractivity contribution in [2.45, 2.75) is 0 Å². The lowest BCUT2D eigenvalue weighted by Gasteiger charge is -2.09. The Morgan fingerprint density at radius 3 is 1.13 bits per heavy atom. The minimum Gasteiger partial charge on any atom is -0.467 e. The summed E-state index contributed by atoms with van der Waals surface area (Å²) in [6.45, 7) is -1.45. The molecule has 0 unspecified atom stereocenters. The number of ether oxygens (including phenoxy) is 3. The zero-order valence-corrected chi connectivity index (χ0v) is 7.92. The summed E-state index contributed by atoms with van der Waals surface area (Å²) in [5.41, 5.74) is 0. The summed E-state index contributed by atoms with van der Waals surface area (Å²) in [6, 6.07) is 4.41. The van der Waals surface area contributed by atoms with Crippen LogP contribution in [0.15, 0.2) is 18.2 Å². The second kappa shape index (κ2) is 6.07. The van der Waals surface area contributed by atoms with Gasteiger partial charge in [0.15, 0.2) is 20.4 Å². The summed E-state index contributed by atoms with van der Waals surface area (Å²) in [4.78, 5) is 0. The SMILES string of the molecule is OCOc1cc(OCO)cc(OCO)c1. The van der Waals surface area contributed by atoms with E-state index >= 15 is 0 Å². The summed E-state index contributed by atoms with van der Waals surface area (Å²) >= 11 is 0. The van der Waals surface area contributed by atoms with Crippen LogP contribution in [-0.4, -0.2) is 35.7 Å². The molecule has 1 rings (SSSR count). The van der Waals surface area contributed by atoms with Crippen LogP contribution in [0.4, 0.5) is 0 Å². The molecule has 0 saturated heterocycles. The van der Waals surface area contributed by atoms with E-state index in [-0.39, 0.29) is 0 Å². The van der Waals surface area contributed by atoms with Gasteiger partial charge in [0, 0.05) is 18.2 Å². The summed E-state index contributed by atoms with van der Waals surface area (Å²) in [6.07, 6.45) is 0. The molecule has 1 aromatic rings. The van der Waals surface area contributed by atoms with Gasteiger partial charge in [-0.2, -0.15) is 0 Å². The van der Waals surface area contributed by atoms with Crippen molar-refractivity contribution in [3.63, 3.8) is 0 Å². The van der Waals surface area contributed by atoms with Crippen LogP contribution in [0, 0.1) is 0 Å². The minimum absolute atomic E-state index is 0.312. The average molecular weight is 216 g/mol. The summed E-state index contributed by atoms with van der Waals surface area (Å²) in [5.74, 6) is 0.936. The van der Waals surface area contributed by atoms with Crippen molar-refractivity contribution in [3.8, 4) is 17.2 Å². The molecule has 0 fully saturated rings. The minimum atomic E-state index is -0.485. The van der Waals surface area contributed by atoms with Gasteiger partial charge < -0.3 is 29.5 Å². The smallest absolute Gasteiger partial charge is 0.186 e. The lowest BCUT2D eigenvalue weighted by atomic mass is 10.3. The fourth-order valence-corrected chi connectivity index (χ4v) is 1.02. The highest BCUT2D eigenvalue weighted by molar-refractivity contribution is 5.41. The molecule has 0 aromatic heterocycles. The molecule has 0 amide bonds. The third-order valence-electron chi connectivity index (χ3n) is 1.55. The first-order chi connectivity index (χ1) is 7.30. The molecule has 0 radical (unpaired) electrons. The molecule has 0 saturated carbocycles. The van der Waals surface area contributed by atoms with Crippen LogP contribution in [0.25, 0.3) is 0 Å². The molecule has 1 aromatic carbocycles. The maximum Gasteiger partial charge on any atom is 0.186 e. The van der Waals surface area contributed by atoms with Crippen molar-refractivity contribution >= 4 is 0 Å². The van der Waals surface area contributed by atoms with E-state index in [0.29, 0.717) is 17.2 Å². The van der Waals surface area contributed by atoms with Crippen LogP contribution in [0.1, 0.15) is 0 Å². The molecule has 0 spiro atoms. The largest absolute Gasteiger partial charge is 0.467 e. The zero-order chi connectivity index (χ0) is 11.1. The third kappa shape index (κ3) is 3.62. The summed E-state index contributed by atoms with van der Waals surface area (Å²) in [5, 5.41) is 25.7. The fourth-order valence-electron chi connectivity index (χ4n) is 1.02. The first kappa shape index (κ1) is 11.6. The monoisotopic (exact) mass is 216 g/mol. The van der Waals surface area contributed by atoms with E-state index in [2.05, 4.69) is 0 Å². The van der Waals surface area contributed by atoms with Gasteiger partial charge in [-0.3, -0.25) is 0 Å². The van der Waals surface area contributed by atoms with Crippen LogP contribution in [0.5, 0.6) is 17.2 Å².